The van der Waals surface area contributed by atoms with Crippen molar-refractivity contribution in [1.29, 1.82) is 0 Å². The molecule has 16 heavy (non-hydrogen) atoms. The van der Waals surface area contributed by atoms with E-state index in [1.807, 2.05) is 16.8 Å². The molecule has 0 unspecified atom stereocenters. The molecule has 84 valence electrons. The zero-order chi connectivity index (χ0) is 11.4. The van der Waals surface area contributed by atoms with E-state index in [4.69, 9.17) is 5.73 Å². The third-order valence-corrected chi connectivity index (χ3v) is 2.39. The molecule has 0 fully saturated rings. The van der Waals surface area contributed by atoms with Crippen molar-refractivity contribution < 1.29 is 0 Å². The van der Waals surface area contributed by atoms with Crippen LogP contribution in [0.2, 0.25) is 0 Å². The van der Waals surface area contributed by atoms with Crippen molar-refractivity contribution >= 4 is 0 Å². The van der Waals surface area contributed by atoms with E-state index >= 15 is 0 Å². The first kappa shape index (κ1) is 10.6. The zero-order valence-corrected chi connectivity index (χ0v) is 8.91. The van der Waals surface area contributed by atoms with Crippen LogP contribution >= 0.6 is 0 Å². The van der Waals surface area contributed by atoms with Gasteiger partial charge in [0.25, 0.3) is 5.56 Å². The lowest BCUT2D eigenvalue weighted by atomic mass is 10.4. The molecule has 0 atom stereocenters. The normalized spacial score (nSPS) is 10.6. The molecule has 2 aromatic heterocycles. The summed E-state index contributed by atoms with van der Waals surface area (Å²) < 4.78 is 3.60. The molecule has 2 heterocycles. The number of rotatable bonds is 4. The molecule has 0 aliphatic heterocycles. The van der Waals surface area contributed by atoms with Gasteiger partial charge in [-0.05, 0) is 6.07 Å². The molecule has 2 aromatic rings. The minimum absolute atomic E-state index is 0.0154. The highest BCUT2D eigenvalue weighted by Crippen LogP contribution is 1.95. The minimum atomic E-state index is 0.0154. The predicted molar refractivity (Wildman–Crippen MR) is 60.8 cm³/mol. The quantitative estimate of drug-likeness (QED) is 0.797. The van der Waals surface area contributed by atoms with Gasteiger partial charge in [0.15, 0.2) is 0 Å². The summed E-state index contributed by atoms with van der Waals surface area (Å²) in [5.41, 5.74) is 6.34. The van der Waals surface area contributed by atoms with Crippen LogP contribution in [0.5, 0.6) is 0 Å². The fourth-order valence-electron chi connectivity index (χ4n) is 1.50. The molecule has 0 saturated heterocycles. The smallest absolute Gasteiger partial charge is 0.250 e. The van der Waals surface area contributed by atoms with Crippen LogP contribution in [0.4, 0.5) is 0 Å². The molecule has 2 N–H and O–H groups in total. The lowest BCUT2D eigenvalue weighted by molar-refractivity contribution is 0.564. The molecule has 0 aromatic carbocycles. The maximum absolute atomic E-state index is 11.4. The van der Waals surface area contributed by atoms with Gasteiger partial charge in [-0.3, -0.25) is 4.79 Å². The van der Waals surface area contributed by atoms with Gasteiger partial charge >= 0.3 is 0 Å². The Morgan fingerprint density at radius 3 is 2.88 bits per heavy atom. The van der Waals surface area contributed by atoms with E-state index in [1.54, 1.807) is 29.2 Å². The molecular weight excluding hydrogens is 204 g/mol. The van der Waals surface area contributed by atoms with E-state index in [1.165, 1.54) is 0 Å². The third-order valence-electron chi connectivity index (χ3n) is 2.39. The van der Waals surface area contributed by atoms with Gasteiger partial charge in [-0.25, -0.2) is 4.98 Å². The summed E-state index contributed by atoms with van der Waals surface area (Å²) in [6.07, 6.45) is 5.41. The molecule has 0 spiro atoms. The standard InChI is InChI=1S/C11H14N4O/c12-7-10-8-14(9-13-10)5-6-15-4-2-1-3-11(15)16/h1-4,8-9H,5-7,12H2. The second-order valence-corrected chi connectivity index (χ2v) is 3.54. The number of nitrogens with zero attached hydrogens (tertiary/aromatic N) is 3. The first-order valence-electron chi connectivity index (χ1n) is 5.16. The monoisotopic (exact) mass is 218 g/mol. The van der Waals surface area contributed by atoms with E-state index < -0.39 is 0 Å². The first-order chi connectivity index (χ1) is 7.79. The van der Waals surface area contributed by atoms with Gasteiger partial charge in [0, 0.05) is 38.1 Å². The van der Waals surface area contributed by atoms with Crippen LogP contribution in [0.1, 0.15) is 5.69 Å². The molecule has 0 radical (unpaired) electrons. The minimum Gasteiger partial charge on any atom is -0.335 e. The van der Waals surface area contributed by atoms with Gasteiger partial charge in [-0.1, -0.05) is 6.07 Å². The zero-order valence-electron chi connectivity index (χ0n) is 8.91. The maximum atomic E-state index is 11.4. The summed E-state index contributed by atoms with van der Waals surface area (Å²) in [6.45, 7) is 1.80. The Morgan fingerprint density at radius 2 is 2.19 bits per heavy atom. The predicted octanol–water partition coefficient (Wildman–Crippen LogP) is 0.204. The summed E-state index contributed by atoms with van der Waals surface area (Å²) in [5, 5.41) is 0. The van der Waals surface area contributed by atoms with Crippen LogP contribution < -0.4 is 11.3 Å². The van der Waals surface area contributed by atoms with Crippen molar-refractivity contribution in [1.82, 2.24) is 14.1 Å². The van der Waals surface area contributed by atoms with Crippen LogP contribution in [0, 0.1) is 0 Å². The Morgan fingerprint density at radius 1 is 1.31 bits per heavy atom. The third kappa shape index (κ3) is 2.38. The molecule has 5 heteroatoms. The lowest BCUT2D eigenvalue weighted by Gasteiger charge is -2.04. The van der Waals surface area contributed by atoms with Crippen LogP contribution in [-0.2, 0) is 19.6 Å². The van der Waals surface area contributed by atoms with Gasteiger partial charge in [-0.2, -0.15) is 0 Å². The average molecular weight is 218 g/mol. The Hall–Kier alpha value is -1.88. The van der Waals surface area contributed by atoms with Crippen molar-refractivity contribution in [2.24, 2.45) is 5.73 Å². The summed E-state index contributed by atoms with van der Waals surface area (Å²) in [7, 11) is 0. The Balaban J connectivity index is 2.02. The fourth-order valence-corrected chi connectivity index (χ4v) is 1.50. The highest BCUT2D eigenvalue weighted by atomic mass is 16.1. The number of nitrogens with two attached hydrogens (primary N) is 1. The van der Waals surface area contributed by atoms with E-state index in [0.717, 1.165) is 12.2 Å². The SMILES string of the molecule is NCc1cn(CCn2ccccc2=O)cn1. The van der Waals surface area contributed by atoms with Gasteiger partial charge in [0.2, 0.25) is 0 Å². The van der Waals surface area contributed by atoms with Crippen molar-refractivity contribution in [3.8, 4) is 0 Å². The van der Waals surface area contributed by atoms with E-state index in [-0.39, 0.29) is 5.56 Å². The van der Waals surface area contributed by atoms with Crippen LogP contribution in [0.15, 0.2) is 41.7 Å². The van der Waals surface area contributed by atoms with Gasteiger partial charge < -0.3 is 14.9 Å². The second kappa shape index (κ2) is 4.76. The Bertz CT molecular complexity index is 514. The van der Waals surface area contributed by atoms with Gasteiger partial charge in [0.05, 0.1) is 12.0 Å². The topological polar surface area (TPSA) is 65.8 Å². The van der Waals surface area contributed by atoms with E-state index in [2.05, 4.69) is 4.98 Å². The molecule has 5 nitrogen and oxygen atoms in total. The molecule has 2 rings (SSSR count). The molecule has 0 bridgehead atoms. The number of hydrogen-bond donors (Lipinski definition) is 1. The number of aryl methyl sites for hydroxylation is 2. The van der Waals surface area contributed by atoms with Crippen molar-refractivity contribution in [2.45, 2.75) is 19.6 Å². The molecule has 0 amide bonds. The average Bonchev–Trinajstić information content (AvgIpc) is 2.76. The number of imidazole rings is 1. The number of hydrogen-bond acceptors (Lipinski definition) is 3. The Kier molecular flexibility index (Phi) is 3.16. The van der Waals surface area contributed by atoms with E-state index in [9.17, 15) is 4.79 Å². The second-order valence-electron chi connectivity index (χ2n) is 3.54. The van der Waals surface area contributed by atoms with Crippen LogP contribution in [-0.4, -0.2) is 14.1 Å². The first-order valence-corrected chi connectivity index (χ1v) is 5.16. The summed E-state index contributed by atoms with van der Waals surface area (Å²) >= 11 is 0. The van der Waals surface area contributed by atoms with Crippen molar-refractivity contribution in [2.75, 3.05) is 0 Å². The lowest BCUT2D eigenvalue weighted by Crippen LogP contribution is -2.20. The van der Waals surface area contributed by atoms with Crippen LogP contribution in [0.25, 0.3) is 0 Å². The van der Waals surface area contributed by atoms with Gasteiger partial charge in [-0.15, -0.1) is 0 Å². The molecule has 0 saturated carbocycles. The van der Waals surface area contributed by atoms with Gasteiger partial charge in [0.1, 0.15) is 0 Å². The van der Waals surface area contributed by atoms with Crippen molar-refractivity contribution in [3.05, 3.63) is 53.0 Å². The largest absolute Gasteiger partial charge is 0.335 e. The summed E-state index contributed by atoms with van der Waals surface area (Å²) in [4.78, 5) is 15.5. The molecule has 0 aliphatic carbocycles. The number of pyridine rings is 1. The highest BCUT2D eigenvalue weighted by molar-refractivity contribution is 4.96. The highest BCUT2D eigenvalue weighted by Gasteiger charge is 1.97. The maximum Gasteiger partial charge on any atom is 0.250 e. The summed E-state index contributed by atoms with van der Waals surface area (Å²) in [5.74, 6) is 0. The summed E-state index contributed by atoms with van der Waals surface area (Å²) in [6, 6.07) is 5.14. The fraction of sp³-hybridized carbons (Fsp3) is 0.273. The van der Waals surface area contributed by atoms with Crippen molar-refractivity contribution in [3.63, 3.8) is 0 Å². The molecular formula is C11H14N4O. The number of aromatic nitrogens is 3. The van der Waals surface area contributed by atoms with E-state index in [0.29, 0.717) is 13.1 Å². The molecule has 0 aliphatic rings. The van der Waals surface area contributed by atoms with Crippen LogP contribution in [0.3, 0.4) is 0 Å². The Labute approximate surface area is 93.2 Å².